The van der Waals surface area contributed by atoms with Gasteiger partial charge < -0.3 is 5.73 Å². The van der Waals surface area contributed by atoms with Crippen molar-refractivity contribution in [3.05, 3.63) is 27.7 Å². The molecule has 19 heavy (non-hydrogen) atoms. The average Bonchev–Trinajstić information content (AvgIpc) is 2.81. The summed E-state index contributed by atoms with van der Waals surface area (Å²) in [7, 11) is -3.47. The Labute approximate surface area is 132 Å². The van der Waals surface area contributed by atoms with Crippen LogP contribution >= 0.6 is 39.9 Å². The second-order valence-electron chi connectivity index (χ2n) is 4.22. The molecule has 2 rings (SSSR count). The van der Waals surface area contributed by atoms with E-state index in [1.165, 1.54) is 16.4 Å². The summed E-state index contributed by atoms with van der Waals surface area (Å²) in [6, 6.07) is 4.54. The lowest BCUT2D eigenvalue weighted by Crippen LogP contribution is -2.39. The van der Waals surface area contributed by atoms with Crippen LogP contribution in [0.4, 0.5) is 0 Å². The summed E-state index contributed by atoms with van der Waals surface area (Å²) in [5, 5.41) is 0.491. The number of nitrogens with zero attached hydrogens (tertiary/aromatic N) is 1. The first kappa shape index (κ1) is 17.2. The molecule has 1 unspecified atom stereocenters. The van der Waals surface area contributed by atoms with Gasteiger partial charge in [-0.1, -0.05) is 11.6 Å². The van der Waals surface area contributed by atoms with E-state index < -0.39 is 10.0 Å². The Morgan fingerprint density at radius 1 is 1.47 bits per heavy atom. The van der Waals surface area contributed by atoms with Gasteiger partial charge >= 0.3 is 0 Å². The van der Waals surface area contributed by atoms with E-state index in [2.05, 4.69) is 15.9 Å². The number of rotatable bonds is 3. The Morgan fingerprint density at radius 3 is 2.74 bits per heavy atom. The molecule has 1 heterocycles. The van der Waals surface area contributed by atoms with Crippen molar-refractivity contribution in [1.29, 1.82) is 0 Å². The second kappa shape index (κ2) is 6.74. The van der Waals surface area contributed by atoms with Crippen molar-refractivity contribution in [2.24, 2.45) is 5.73 Å². The average molecular weight is 390 g/mol. The van der Waals surface area contributed by atoms with Crippen LogP contribution in [-0.4, -0.2) is 31.9 Å². The largest absolute Gasteiger partial charge is 0.329 e. The van der Waals surface area contributed by atoms with Crippen LogP contribution in [0.5, 0.6) is 0 Å². The van der Waals surface area contributed by atoms with Gasteiger partial charge in [0.25, 0.3) is 0 Å². The van der Waals surface area contributed by atoms with Gasteiger partial charge in [0.2, 0.25) is 10.0 Å². The van der Waals surface area contributed by atoms with Gasteiger partial charge in [0.1, 0.15) is 0 Å². The molecule has 0 amide bonds. The maximum atomic E-state index is 12.5. The van der Waals surface area contributed by atoms with Crippen LogP contribution in [0.1, 0.15) is 12.8 Å². The Hall–Kier alpha value is 0.150. The van der Waals surface area contributed by atoms with Gasteiger partial charge in [-0.3, -0.25) is 0 Å². The van der Waals surface area contributed by atoms with Crippen LogP contribution in [0.3, 0.4) is 0 Å². The molecule has 2 N–H and O–H groups in total. The number of hydrogen-bond donors (Lipinski definition) is 1. The fraction of sp³-hybridized carbons (Fsp3) is 0.455. The zero-order valence-electron chi connectivity index (χ0n) is 10.1. The summed E-state index contributed by atoms with van der Waals surface area (Å²) in [6.07, 6.45) is 1.68. The fourth-order valence-corrected chi connectivity index (χ4v) is 4.51. The summed E-state index contributed by atoms with van der Waals surface area (Å²) in [4.78, 5) is 0.249. The number of benzene rings is 1. The third-order valence-corrected chi connectivity index (χ3v) is 6.25. The van der Waals surface area contributed by atoms with Gasteiger partial charge in [-0.25, -0.2) is 8.42 Å². The number of nitrogens with two attached hydrogens (primary N) is 1. The highest BCUT2D eigenvalue weighted by Crippen LogP contribution is 2.30. The summed E-state index contributed by atoms with van der Waals surface area (Å²) in [5.74, 6) is 0. The molecule has 1 aromatic carbocycles. The molecule has 0 radical (unpaired) electrons. The van der Waals surface area contributed by atoms with Gasteiger partial charge in [0.05, 0.1) is 9.92 Å². The molecule has 0 spiro atoms. The summed E-state index contributed by atoms with van der Waals surface area (Å²) in [6.45, 7) is 0.887. The lowest BCUT2D eigenvalue weighted by Gasteiger charge is -2.23. The molecule has 0 saturated carbocycles. The highest BCUT2D eigenvalue weighted by Gasteiger charge is 2.34. The van der Waals surface area contributed by atoms with Crippen LogP contribution in [0.2, 0.25) is 5.02 Å². The Morgan fingerprint density at radius 2 is 2.16 bits per heavy atom. The molecular weight excluding hydrogens is 375 g/mol. The number of hydrogen-bond acceptors (Lipinski definition) is 3. The van der Waals surface area contributed by atoms with Gasteiger partial charge in [-0.05, 0) is 47.0 Å². The maximum Gasteiger partial charge on any atom is 0.243 e. The molecule has 1 aliphatic heterocycles. The van der Waals surface area contributed by atoms with Crippen LogP contribution in [0.25, 0.3) is 0 Å². The van der Waals surface area contributed by atoms with E-state index in [1.807, 2.05) is 0 Å². The van der Waals surface area contributed by atoms with Gasteiger partial charge in [-0.2, -0.15) is 4.31 Å². The number of sulfonamides is 1. The molecule has 1 fully saturated rings. The molecule has 1 aliphatic rings. The van der Waals surface area contributed by atoms with Crippen LogP contribution in [0.15, 0.2) is 27.6 Å². The van der Waals surface area contributed by atoms with Crippen molar-refractivity contribution in [3.63, 3.8) is 0 Å². The summed E-state index contributed by atoms with van der Waals surface area (Å²) >= 11 is 9.11. The minimum absolute atomic E-state index is 0. The lowest BCUT2D eigenvalue weighted by molar-refractivity contribution is 0.393. The fourth-order valence-electron chi connectivity index (χ4n) is 2.13. The zero-order valence-corrected chi connectivity index (χ0v) is 14.0. The van der Waals surface area contributed by atoms with E-state index in [-0.39, 0.29) is 23.3 Å². The van der Waals surface area contributed by atoms with Crippen molar-refractivity contribution in [1.82, 2.24) is 4.31 Å². The Bertz CT molecular complexity index is 554. The quantitative estimate of drug-likeness (QED) is 0.864. The first-order valence-electron chi connectivity index (χ1n) is 5.64. The first-order valence-corrected chi connectivity index (χ1v) is 8.25. The molecule has 1 saturated heterocycles. The predicted octanol–water partition coefficient (Wildman–Crippen LogP) is 2.64. The van der Waals surface area contributed by atoms with Crippen molar-refractivity contribution in [2.75, 3.05) is 13.1 Å². The molecule has 0 aromatic heterocycles. The van der Waals surface area contributed by atoms with Gasteiger partial charge in [-0.15, -0.1) is 12.4 Å². The molecule has 8 heteroatoms. The minimum atomic E-state index is -3.47. The monoisotopic (exact) mass is 388 g/mol. The first-order chi connectivity index (χ1) is 8.46. The SMILES string of the molecule is Cl.NCC1CCCN1S(=O)(=O)c1ccc(Cl)c(Br)c1. The van der Waals surface area contributed by atoms with E-state index in [0.29, 0.717) is 22.6 Å². The van der Waals surface area contributed by atoms with E-state index in [1.54, 1.807) is 6.07 Å². The summed E-state index contributed by atoms with van der Waals surface area (Å²) < 4.78 is 27.0. The smallest absolute Gasteiger partial charge is 0.243 e. The Balaban J connectivity index is 0.00000180. The summed E-state index contributed by atoms with van der Waals surface area (Å²) in [5.41, 5.74) is 5.62. The van der Waals surface area contributed by atoms with Crippen LogP contribution in [0, 0.1) is 0 Å². The molecule has 108 valence electrons. The standard InChI is InChI=1S/C11H14BrClN2O2S.ClH/c12-10-6-9(3-4-11(10)13)18(16,17)15-5-1-2-8(15)7-14;/h3-4,6,8H,1-2,5,7,14H2;1H. The van der Waals surface area contributed by atoms with E-state index in [9.17, 15) is 8.42 Å². The van der Waals surface area contributed by atoms with E-state index >= 15 is 0 Å². The molecule has 1 aromatic rings. The normalized spacial score (nSPS) is 20.3. The van der Waals surface area contributed by atoms with Crippen molar-refractivity contribution in [2.45, 2.75) is 23.8 Å². The molecule has 0 aliphatic carbocycles. The third kappa shape index (κ3) is 3.43. The second-order valence-corrected chi connectivity index (χ2v) is 7.38. The van der Waals surface area contributed by atoms with Crippen molar-refractivity contribution >= 4 is 50.0 Å². The number of halogens is 3. The highest BCUT2D eigenvalue weighted by atomic mass is 79.9. The van der Waals surface area contributed by atoms with Crippen LogP contribution < -0.4 is 5.73 Å². The maximum absolute atomic E-state index is 12.5. The van der Waals surface area contributed by atoms with E-state index in [0.717, 1.165) is 12.8 Å². The third-order valence-electron chi connectivity index (χ3n) is 3.09. The minimum Gasteiger partial charge on any atom is -0.329 e. The van der Waals surface area contributed by atoms with Crippen LogP contribution in [-0.2, 0) is 10.0 Å². The topological polar surface area (TPSA) is 63.4 Å². The predicted molar refractivity (Wildman–Crippen MR) is 82.4 cm³/mol. The van der Waals surface area contributed by atoms with Gasteiger partial charge in [0.15, 0.2) is 0 Å². The van der Waals surface area contributed by atoms with E-state index in [4.69, 9.17) is 17.3 Å². The molecule has 4 nitrogen and oxygen atoms in total. The molecular formula is C11H15BrCl2N2O2S. The molecule has 1 atom stereocenters. The lowest BCUT2D eigenvalue weighted by atomic mass is 10.2. The molecule has 0 bridgehead atoms. The van der Waals surface area contributed by atoms with Crippen molar-refractivity contribution < 1.29 is 8.42 Å². The van der Waals surface area contributed by atoms with Gasteiger partial charge in [0, 0.05) is 23.6 Å². The van der Waals surface area contributed by atoms with Crippen molar-refractivity contribution in [3.8, 4) is 0 Å². The highest BCUT2D eigenvalue weighted by molar-refractivity contribution is 9.10. The zero-order chi connectivity index (χ0) is 13.3. The Kier molecular flexibility index (Phi) is 6.10.